The molecule has 2 aromatic rings. The van der Waals surface area contributed by atoms with E-state index in [-0.39, 0.29) is 11.4 Å². The maximum absolute atomic E-state index is 12.1. The average molecular weight is 348 g/mol. The summed E-state index contributed by atoms with van der Waals surface area (Å²) in [4.78, 5) is 24.1. The number of benzene rings is 2. The van der Waals surface area contributed by atoms with Gasteiger partial charge in [0.1, 0.15) is 5.78 Å². The van der Waals surface area contributed by atoms with Gasteiger partial charge in [-0.25, -0.2) is 4.79 Å². The molecule has 2 aliphatic rings. The van der Waals surface area contributed by atoms with Gasteiger partial charge in [-0.2, -0.15) is 0 Å². The van der Waals surface area contributed by atoms with Crippen LogP contribution in [-0.4, -0.2) is 18.9 Å². The Kier molecular flexibility index (Phi) is 4.39. The van der Waals surface area contributed by atoms with Crippen molar-refractivity contribution in [2.75, 3.05) is 7.11 Å². The smallest absolute Gasteiger partial charge is 0.337 e. The SMILES string of the molecule is COC(=O)c1ccc2c(c1)CC[C@H]1CC(=O)CC[C@@]21Cc1ccccc1. The van der Waals surface area contributed by atoms with E-state index in [4.69, 9.17) is 4.74 Å². The van der Waals surface area contributed by atoms with Crippen LogP contribution in [-0.2, 0) is 27.8 Å². The van der Waals surface area contributed by atoms with Crippen LogP contribution >= 0.6 is 0 Å². The van der Waals surface area contributed by atoms with E-state index in [9.17, 15) is 9.59 Å². The largest absolute Gasteiger partial charge is 0.465 e. The number of hydrogen-bond acceptors (Lipinski definition) is 3. The summed E-state index contributed by atoms with van der Waals surface area (Å²) in [6.07, 6.45) is 5.13. The van der Waals surface area contributed by atoms with Gasteiger partial charge in [-0.1, -0.05) is 36.4 Å². The zero-order valence-electron chi connectivity index (χ0n) is 15.2. The van der Waals surface area contributed by atoms with Crippen molar-refractivity contribution >= 4 is 11.8 Å². The van der Waals surface area contributed by atoms with Crippen molar-refractivity contribution in [2.24, 2.45) is 5.92 Å². The molecule has 0 saturated heterocycles. The molecule has 0 amide bonds. The Labute approximate surface area is 154 Å². The molecule has 3 nitrogen and oxygen atoms in total. The van der Waals surface area contributed by atoms with Gasteiger partial charge in [0, 0.05) is 18.3 Å². The number of methoxy groups -OCH3 is 1. The fraction of sp³-hybridized carbons (Fsp3) is 0.391. The molecular weight excluding hydrogens is 324 g/mol. The van der Waals surface area contributed by atoms with Crippen molar-refractivity contribution < 1.29 is 14.3 Å². The molecule has 0 N–H and O–H groups in total. The van der Waals surface area contributed by atoms with Crippen molar-refractivity contribution in [1.82, 2.24) is 0 Å². The number of hydrogen-bond donors (Lipinski definition) is 0. The van der Waals surface area contributed by atoms with Crippen LogP contribution in [0, 0.1) is 5.92 Å². The van der Waals surface area contributed by atoms with Crippen molar-refractivity contribution in [3.63, 3.8) is 0 Å². The molecule has 1 saturated carbocycles. The first kappa shape index (κ1) is 17.0. The van der Waals surface area contributed by atoms with Crippen molar-refractivity contribution in [2.45, 2.75) is 43.9 Å². The van der Waals surface area contributed by atoms with Crippen molar-refractivity contribution in [3.05, 3.63) is 70.8 Å². The molecular formula is C23H24O3. The second-order valence-electron chi connectivity index (χ2n) is 7.66. The fourth-order valence-electron chi connectivity index (χ4n) is 5.02. The van der Waals surface area contributed by atoms with E-state index in [0.717, 1.165) is 25.7 Å². The minimum Gasteiger partial charge on any atom is -0.465 e. The third-order valence-electron chi connectivity index (χ3n) is 6.29. The van der Waals surface area contributed by atoms with E-state index in [2.05, 4.69) is 30.3 Å². The van der Waals surface area contributed by atoms with Gasteiger partial charge in [-0.05, 0) is 60.4 Å². The van der Waals surface area contributed by atoms with Crippen LogP contribution in [0.3, 0.4) is 0 Å². The maximum atomic E-state index is 12.1. The van der Waals surface area contributed by atoms with Crippen LogP contribution in [0.2, 0.25) is 0 Å². The number of rotatable bonds is 3. The Balaban J connectivity index is 1.79. The molecule has 3 heteroatoms. The monoisotopic (exact) mass is 348 g/mol. The predicted octanol–water partition coefficient (Wildman–Crippen LogP) is 4.27. The number of ether oxygens (including phenoxy) is 1. The highest BCUT2D eigenvalue weighted by molar-refractivity contribution is 5.89. The van der Waals surface area contributed by atoms with Gasteiger partial charge in [0.25, 0.3) is 0 Å². The summed E-state index contributed by atoms with van der Waals surface area (Å²) in [5.41, 5.74) is 4.51. The van der Waals surface area contributed by atoms with Crippen molar-refractivity contribution in [3.8, 4) is 0 Å². The highest BCUT2D eigenvalue weighted by Crippen LogP contribution is 2.51. The molecule has 134 valence electrons. The molecule has 2 aliphatic carbocycles. The Morgan fingerprint density at radius 1 is 1.15 bits per heavy atom. The zero-order chi connectivity index (χ0) is 18.1. The first-order chi connectivity index (χ1) is 12.6. The Bertz CT molecular complexity index is 840. The third-order valence-corrected chi connectivity index (χ3v) is 6.29. The minimum absolute atomic E-state index is 0.00248. The van der Waals surface area contributed by atoms with E-state index in [1.807, 2.05) is 18.2 Å². The van der Waals surface area contributed by atoms with Crippen LogP contribution in [0.15, 0.2) is 48.5 Å². The average Bonchev–Trinajstić information content (AvgIpc) is 2.68. The van der Waals surface area contributed by atoms with Crippen LogP contribution in [0.4, 0.5) is 0 Å². The van der Waals surface area contributed by atoms with Crippen LogP contribution in [0.25, 0.3) is 0 Å². The maximum Gasteiger partial charge on any atom is 0.337 e. The fourth-order valence-corrected chi connectivity index (χ4v) is 5.02. The van der Waals surface area contributed by atoms with Gasteiger partial charge in [-0.3, -0.25) is 4.79 Å². The molecule has 0 radical (unpaired) electrons. The van der Waals surface area contributed by atoms with Gasteiger partial charge < -0.3 is 4.74 Å². The van der Waals surface area contributed by atoms with Crippen LogP contribution < -0.4 is 0 Å². The lowest BCUT2D eigenvalue weighted by Gasteiger charge is -2.48. The first-order valence-corrected chi connectivity index (χ1v) is 9.40. The number of Topliss-reactive ketones (excluding diaryl/α,β-unsaturated/α-hetero) is 1. The number of carbonyl (C=O) groups excluding carboxylic acids is 2. The molecule has 0 spiro atoms. The quantitative estimate of drug-likeness (QED) is 0.778. The van der Waals surface area contributed by atoms with E-state index in [1.54, 1.807) is 0 Å². The van der Waals surface area contributed by atoms with E-state index in [0.29, 0.717) is 30.1 Å². The van der Waals surface area contributed by atoms with E-state index in [1.165, 1.54) is 23.8 Å². The summed E-state index contributed by atoms with van der Waals surface area (Å²) in [6.45, 7) is 0. The van der Waals surface area contributed by atoms with Crippen LogP contribution in [0.5, 0.6) is 0 Å². The highest BCUT2D eigenvalue weighted by Gasteiger charge is 2.47. The molecule has 0 unspecified atom stereocenters. The zero-order valence-corrected chi connectivity index (χ0v) is 15.2. The summed E-state index contributed by atoms with van der Waals surface area (Å²) in [6, 6.07) is 16.6. The lowest BCUT2D eigenvalue weighted by Crippen LogP contribution is -2.46. The Morgan fingerprint density at radius 3 is 2.73 bits per heavy atom. The van der Waals surface area contributed by atoms with Gasteiger partial charge >= 0.3 is 5.97 Å². The number of ketones is 1. The van der Waals surface area contributed by atoms with E-state index >= 15 is 0 Å². The number of aryl methyl sites for hydroxylation is 1. The Morgan fingerprint density at radius 2 is 1.96 bits per heavy atom. The standard InChI is InChI=1S/C23H24O3/c1-26-22(25)18-8-10-21-17(13-18)7-9-19-14-20(24)11-12-23(19,21)15-16-5-3-2-4-6-16/h2-6,8,10,13,19H,7,9,11-12,14-15H2,1H3/t19-,23-/m0/s1. The topological polar surface area (TPSA) is 43.4 Å². The number of esters is 1. The molecule has 0 heterocycles. The van der Waals surface area contributed by atoms with Crippen LogP contribution in [0.1, 0.15) is 52.7 Å². The summed E-state index contributed by atoms with van der Waals surface area (Å²) >= 11 is 0. The second-order valence-corrected chi connectivity index (χ2v) is 7.66. The summed E-state index contributed by atoms with van der Waals surface area (Å²) in [5, 5.41) is 0. The second kappa shape index (κ2) is 6.71. The third kappa shape index (κ3) is 2.86. The lowest BCUT2D eigenvalue weighted by atomic mass is 9.55. The van der Waals surface area contributed by atoms with Gasteiger partial charge in [0.2, 0.25) is 0 Å². The molecule has 2 aromatic carbocycles. The van der Waals surface area contributed by atoms with E-state index < -0.39 is 0 Å². The molecule has 4 rings (SSSR count). The highest BCUT2D eigenvalue weighted by atomic mass is 16.5. The molecule has 0 bridgehead atoms. The minimum atomic E-state index is -0.286. The number of carbonyl (C=O) groups is 2. The van der Waals surface area contributed by atoms with Crippen molar-refractivity contribution in [1.29, 1.82) is 0 Å². The molecule has 1 fully saturated rings. The summed E-state index contributed by atoms with van der Waals surface area (Å²) < 4.78 is 4.89. The lowest BCUT2D eigenvalue weighted by molar-refractivity contribution is -0.123. The van der Waals surface area contributed by atoms with Gasteiger partial charge in [-0.15, -0.1) is 0 Å². The summed E-state index contributed by atoms with van der Waals surface area (Å²) in [7, 11) is 1.42. The van der Waals surface area contributed by atoms with Gasteiger partial charge in [0.05, 0.1) is 12.7 Å². The summed E-state index contributed by atoms with van der Waals surface area (Å²) in [5.74, 6) is 0.500. The Hall–Kier alpha value is -2.42. The first-order valence-electron chi connectivity index (χ1n) is 9.40. The molecule has 0 aromatic heterocycles. The van der Waals surface area contributed by atoms with Gasteiger partial charge in [0.15, 0.2) is 0 Å². The molecule has 0 aliphatic heterocycles. The molecule has 2 atom stereocenters. The normalized spacial score (nSPS) is 24.5. The predicted molar refractivity (Wildman–Crippen MR) is 100 cm³/mol. The number of fused-ring (bicyclic) bond motifs is 3. The molecule has 26 heavy (non-hydrogen) atoms.